The van der Waals surface area contributed by atoms with Gasteiger partial charge in [-0.15, -0.1) is 0 Å². The summed E-state index contributed by atoms with van der Waals surface area (Å²) in [6, 6.07) is 30.6. The van der Waals surface area contributed by atoms with Crippen LogP contribution in [0.3, 0.4) is 0 Å². The number of rotatable bonds is 15. The maximum absolute atomic E-state index is 12.6. The number of carbonyl (C=O) groups is 5. The summed E-state index contributed by atoms with van der Waals surface area (Å²) in [4.78, 5) is 68.3. The number of nitrogens with one attached hydrogen (secondary N) is 4. The highest BCUT2D eigenvalue weighted by molar-refractivity contribution is 7.86. The van der Waals surface area contributed by atoms with Gasteiger partial charge in [-0.2, -0.15) is 8.42 Å². The number of benzene rings is 4. The Morgan fingerprint density at radius 1 is 0.657 bits per heavy atom. The molecule has 4 N–H and O–H groups in total. The quantitative estimate of drug-likeness (QED) is 0.0424. The van der Waals surface area contributed by atoms with Gasteiger partial charge in [0.1, 0.15) is 30.5 Å². The Morgan fingerprint density at radius 2 is 1.09 bits per heavy atom. The van der Waals surface area contributed by atoms with Gasteiger partial charge in [0.25, 0.3) is 21.9 Å². The van der Waals surface area contributed by atoms with Crippen molar-refractivity contribution in [2.24, 2.45) is 0 Å². The Morgan fingerprint density at radius 3 is 1.54 bits per heavy atom. The molecule has 354 valence electrons. The second-order valence-electron chi connectivity index (χ2n) is 16.1. The van der Waals surface area contributed by atoms with Gasteiger partial charge in [-0.3, -0.25) is 44.1 Å². The molecule has 0 aliphatic carbocycles. The van der Waals surface area contributed by atoms with E-state index in [1.165, 1.54) is 4.90 Å². The lowest BCUT2D eigenvalue weighted by atomic mass is 10.1. The van der Waals surface area contributed by atoms with Crippen LogP contribution in [0.4, 0.5) is 21.0 Å². The summed E-state index contributed by atoms with van der Waals surface area (Å²) in [6.45, 7) is 8.77. The molecule has 3 saturated heterocycles. The third kappa shape index (κ3) is 14.8. The Kier molecular flexibility index (Phi) is 16.9. The monoisotopic (exact) mass is 938 g/mol. The fourth-order valence-corrected chi connectivity index (χ4v) is 7.61. The van der Waals surface area contributed by atoms with Gasteiger partial charge in [0.2, 0.25) is 0 Å². The minimum Gasteiger partial charge on any atom is -0.463 e. The topological polar surface area (TPSA) is 241 Å². The number of ether oxygens (including phenoxy) is 3. The first-order valence-electron chi connectivity index (χ1n) is 21.6. The third-order valence-corrected chi connectivity index (χ3v) is 11.2. The van der Waals surface area contributed by atoms with Crippen molar-refractivity contribution in [1.82, 2.24) is 20.4 Å². The maximum atomic E-state index is 12.6. The summed E-state index contributed by atoms with van der Waals surface area (Å²) in [5, 5.41) is 21.4. The highest BCUT2D eigenvalue weighted by atomic mass is 32.2. The average molecular weight is 939 g/mol. The van der Waals surface area contributed by atoms with Crippen molar-refractivity contribution in [3.8, 4) is 0 Å². The van der Waals surface area contributed by atoms with Gasteiger partial charge in [-0.1, -0.05) is 36.4 Å². The number of amidine groups is 2. The van der Waals surface area contributed by atoms with Gasteiger partial charge in [-0.05, 0) is 86.6 Å². The van der Waals surface area contributed by atoms with Gasteiger partial charge in [-0.25, -0.2) is 9.59 Å². The first kappa shape index (κ1) is 49.4. The highest BCUT2D eigenvalue weighted by Crippen LogP contribution is 2.24. The van der Waals surface area contributed by atoms with Crippen molar-refractivity contribution in [1.29, 1.82) is 10.8 Å². The molecule has 3 heterocycles. The fraction of sp³-hybridized carbons (Fsp3) is 0.340. The van der Waals surface area contributed by atoms with E-state index in [0.29, 0.717) is 59.7 Å². The number of piperazine rings is 1. The van der Waals surface area contributed by atoms with Crippen molar-refractivity contribution in [3.05, 3.63) is 131 Å². The molecule has 3 fully saturated rings. The molecule has 0 spiro atoms. The van der Waals surface area contributed by atoms with Crippen LogP contribution in [-0.4, -0.2) is 143 Å². The smallest absolute Gasteiger partial charge is 0.414 e. The van der Waals surface area contributed by atoms with Crippen molar-refractivity contribution in [3.63, 3.8) is 0 Å². The molecule has 4 aromatic carbocycles. The number of cyclic esters (lactones) is 2. The summed E-state index contributed by atoms with van der Waals surface area (Å²) in [7, 11) is -3.62. The zero-order chi connectivity index (χ0) is 48.1. The van der Waals surface area contributed by atoms with Crippen LogP contribution in [0.2, 0.25) is 0 Å². The standard InChI is InChI=1S/C28H35N5O5.C19H19N3O6S/c1-20(2)37-25(34)12-13-31-14-16-32(17-15-31)18-24-19-33(28(36)38-24)23-10-8-21(9-11-23)26(29)30-27(35)22-6-4-3-5-7-22;1-29(25,26)27-12-16-11-22(19(24)28-16)15-9-7-13(8-10-15)17(20)21-18(23)14-5-3-2-4-6-14/h3-11,20,24H,12-19H2,1-2H3,(H2,29,30,35);2-10,16H,11-12H2,1H3,(H2,20,21,23). The number of anilines is 2. The number of esters is 1. The molecule has 4 amide bonds. The normalized spacial score (nSPS) is 17.5. The Labute approximate surface area is 389 Å². The van der Waals surface area contributed by atoms with Crippen LogP contribution in [-0.2, 0) is 33.3 Å². The molecule has 3 aliphatic rings. The van der Waals surface area contributed by atoms with E-state index in [-0.39, 0.29) is 48.9 Å². The van der Waals surface area contributed by atoms with Crippen LogP contribution in [0.25, 0.3) is 0 Å². The Bertz CT molecular complexity index is 2500. The van der Waals surface area contributed by atoms with Crippen LogP contribution in [0.1, 0.15) is 52.1 Å². The van der Waals surface area contributed by atoms with Gasteiger partial charge < -0.3 is 29.7 Å². The second-order valence-corrected chi connectivity index (χ2v) is 17.8. The van der Waals surface area contributed by atoms with E-state index in [2.05, 4.69) is 24.6 Å². The molecule has 0 radical (unpaired) electrons. The van der Waals surface area contributed by atoms with E-state index in [4.69, 9.17) is 25.0 Å². The maximum Gasteiger partial charge on any atom is 0.414 e. The van der Waals surface area contributed by atoms with Gasteiger partial charge in [0, 0.05) is 72.9 Å². The van der Waals surface area contributed by atoms with Crippen LogP contribution >= 0.6 is 0 Å². The number of amides is 4. The highest BCUT2D eigenvalue weighted by Gasteiger charge is 2.35. The molecule has 0 aromatic heterocycles. The molecule has 19 nitrogen and oxygen atoms in total. The molecule has 2 atom stereocenters. The number of hydrogen-bond donors (Lipinski definition) is 4. The van der Waals surface area contributed by atoms with E-state index in [1.54, 1.807) is 108 Å². The molecule has 7 rings (SSSR count). The molecule has 4 aromatic rings. The summed E-state index contributed by atoms with van der Waals surface area (Å²) >= 11 is 0. The Hall–Kier alpha value is -7.00. The molecule has 0 bridgehead atoms. The summed E-state index contributed by atoms with van der Waals surface area (Å²) in [5.41, 5.74) is 3.12. The lowest BCUT2D eigenvalue weighted by Crippen LogP contribution is -2.49. The number of nitrogens with zero attached hydrogens (tertiary/aromatic N) is 4. The number of hydrogen-bond acceptors (Lipinski definition) is 15. The van der Waals surface area contributed by atoms with Gasteiger partial charge in [0.05, 0.1) is 31.9 Å². The summed E-state index contributed by atoms with van der Waals surface area (Å²) in [5.74, 6) is -0.990. The largest absolute Gasteiger partial charge is 0.463 e. The average Bonchev–Trinajstić information content (AvgIpc) is 3.88. The van der Waals surface area contributed by atoms with Crippen LogP contribution in [0.5, 0.6) is 0 Å². The molecule has 67 heavy (non-hydrogen) atoms. The minimum absolute atomic E-state index is 0.0109. The zero-order valence-electron chi connectivity index (χ0n) is 37.4. The summed E-state index contributed by atoms with van der Waals surface area (Å²) < 4.78 is 42.7. The Balaban J connectivity index is 0.000000229. The lowest BCUT2D eigenvalue weighted by Gasteiger charge is -2.35. The molecular formula is C47H54N8O11S. The predicted octanol–water partition coefficient (Wildman–Crippen LogP) is 4.47. The van der Waals surface area contributed by atoms with E-state index >= 15 is 0 Å². The minimum atomic E-state index is -3.62. The van der Waals surface area contributed by atoms with Crippen molar-refractivity contribution < 1.29 is 50.8 Å². The second kappa shape index (κ2) is 22.9. The van der Waals surface area contributed by atoms with E-state index < -0.39 is 34.3 Å². The van der Waals surface area contributed by atoms with E-state index in [0.717, 1.165) is 32.4 Å². The molecule has 3 aliphatic heterocycles. The van der Waals surface area contributed by atoms with Crippen LogP contribution in [0.15, 0.2) is 109 Å². The molecule has 20 heteroatoms. The molecular weight excluding hydrogens is 885 g/mol. The summed E-state index contributed by atoms with van der Waals surface area (Å²) in [6.07, 6.45) is -0.730. The number of carbonyl (C=O) groups excluding carboxylic acids is 5. The van der Waals surface area contributed by atoms with Crippen molar-refractivity contribution in [2.45, 2.75) is 38.6 Å². The molecule has 0 saturated carbocycles. The van der Waals surface area contributed by atoms with E-state index in [9.17, 15) is 32.4 Å². The first-order valence-corrected chi connectivity index (χ1v) is 23.4. The van der Waals surface area contributed by atoms with Crippen molar-refractivity contribution >= 4 is 63.1 Å². The van der Waals surface area contributed by atoms with Gasteiger partial charge in [0.15, 0.2) is 0 Å². The van der Waals surface area contributed by atoms with E-state index in [1.807, 2.05) is 19.9 Å². The third-order valence-electron chi connectivity index (χ3n) is 10.6. The zero-order valence-corrected chi connectivity index (χ0v) is 38.2. The van der Waals surface area contributed by atoms with Gasteiger partial charge >= 0.3 is 18.2 Å². The first-order chi connectivity index (χ1) is 32.0. The van der Waals surface area contributed by atoms with Crippen molar-refractivity contribution in [2.75, 3.05) is 75.0 Å². The molecule has 2 unspecified atom stereocenters. The fourth-order valence-electron chi connectivity index (χ4n) is 7.21. The predicted molar refractivity (Wildman–Crippen MR) is 249 cm³/mol. The van der Waals surface area contributed by atoms with Crippen LogP contribution < -0.4 is 20.4 Å². The SMILES string of the molecule is CC(C)OC(=O)CCN1CCN(CC2CN(c3ccc(C(=N)NC(=O)c4ccccc4)cc3)C(=O)O2)CC1.CS(=O)(=O)OCC1CN(c2ccc(C(=N)NC(=O)c3ccccc3)cc2)C(=O)O1. The lowest BCUT2D eigenvalue weighted by molar-refractivity contribution is -0.147. The van der Waals surface area contributed by atoms with Crippen LogP contribution in [0, 0.1) is 10.8 Å².